The van der Waals surface area contributed by atoms with Crippen molar-refractivity contribution in [2.75, 3.05) is 13.2 Å². The first kappa shape index (κ1) is 32.6. The topological polar surface area (TPSA) is 299 Å². The van der Waals surface area contributed by atoms with Gasteiger partial charge in [0.05, 0.1) is 12.6 Å². The van der Waals surface area contributed by atoms with Crippen LogP contribution < -0.4 is 38.9 Å². The summed E-state index contributed by atoms with van der Waals surface area (Å²) in [4.78, 5) is 65.0. The number of hydrogen-bond donors (Lipinski definition) is 10. The maximum absolute atomic E-state index is 13.2. The molecule has 0 bridgehead atoms. The summed E-state index contributed by atoms with van der Waals surface area (Å²) in [6.07, 6.45) is -0.110. The lowest BCUT2D eigenvalue weighted by Crippen LogP contribution is -2.58. The van der Waals surface area contributed by atoms with Gasteiger partial charge in [-0.25, -0.2) is 4.79 Å². The van der Waals surface area contributed by atoms with E-state index in [9.17, 15) is 34.2 Å². The highest BCUT2D eigenvalue weighted by molar-refractivity contribution is 5.94. The molecule has 0 heterocycles. The van der Waals surface area contributed by atoms with Gasteiger partial charge in [-0.15, -0.1) is 0 Å². The van der Waals surface area contributed by atoms with Crippen molar-refractivity contribution in [3.05, 3.63) is 29.8 Å². The molecule has 0 aliphatic heterocycles. The molecule has 16 nitrogen and oxygen atoms in total. The SMILES string of the molecule is NC(=O)CCC(NC(=O)C(Cc1ccc(O)cc1)NC(=O)C(N)CCCN=C(N)N)C(=O)NC(CO)C(=O)O. The monoisotopic (exact) mass is 552 g/mol. The number of carboxylic acids is 1. The minimum absolute atomic E-state index is 0.0216. The molecule has 39 heavy (non-hydrogen) atoms. The van der Waals surface area contributed by atoms with Crippen LogP contribution in [0.1, 0.15) is 31.2 Å². The van der Waals surface area contributed by atoms with Gasteiger partial charge in [0.1, 0.15) is 23.9 Å². The number of hydrogen-bond acceptors (Lipinski definition) is 9. The van der Waals surface area contributed by atoms with Crippen LogP contribution in [0.5, 0.6) is 5.75 Å². The number of aliphatic hydroxyl groups excluding tert-OH is 1. The van der Waals surface area contributed by atoms with Crippen molar-refractivity contribution in [1.82, 2.24) is 16.0 Å². The lowest BCUT2D eigenvalue weighted by atomic mass is 10.0. The molecule has 14 N–H and O–H groups in total. The lowest BCUT2D eigenvalue weighted by molar-refractivity contribution is -0.143. The number of carbonyl (C=O) groups is 5. The fourth-order valence-corrected chi connectivity index (χ4v) is 3.29. The number of phenols is 1. The number of benzene rings is 1. The van der Waals surface area contributed by atoms with Crippen molar-refractivity contribution in [2.45, 2.75) is 56.3 Å². The Morgan fingerprint density at radius 2 is 1.41 bits per heavy atom. The van der Waals surface area contributed by atoms with Crippen molar-refractivity contribution in [3.63, 3.8) is 0 Å². The van der Waals surface area contributed by atoms with Gasteiger partial charge in [-0.3, -0.25) is 24.2 Å². The van der Waals surface area contributed by atoms with Crippen LogP contribution in [0.4, 0.5) is 0 Å². The van der Waals surface area contributed by atoms with Gasteiger partial charge in [-0.05, 0) is 37.0 Å². The summed E-state index contributed by atoms with van der Waals surface area (Å²) in [6, 6.07) is 0.435. The fourth-order valence-electron chi connectivity index (χ4n) is 3.29. The zero-order valence-electron chi connectivity index (χ0n) is 21.2. The Balaban J connectivity index is 3.09. The quantitative estimate of drug-likeness (QED) is 0.0506. The first-order valence-electron chi connectivity index (χ1n) is 12.0. The number of nitrogens with zero attached hydrogens (tertiary/aromatic N) is 1. The normalized spacial score (nSPS) is 13.7. The Hall–Kier alpha value is -4.44. The van der Waals surface area contributed by atoms with E-state index < -0.39 is 60.4 Å². The van der Waals surface area contributed by atoms with E-state index in [1.165, 1.54) is 24.3 Å². The molecule has 0 spiro atoms. The van der Waals surface area contributed by atoms with E-state index in [0.717, 1.165) is 0 Å². The van der Waals surface area contributed by atoms with Crippen LogP contribution >= 0.6 is 0 Å². The van der Waals surface area contributed by atoms with Gasteiger partial charge < -0.3 is 54.2 Å². The molecule has 1 rings (SSSR count). The molecular formula is C23H36N8O8. The number of aliphatic hydroxyl groups is 1. The number of phenolic OH excluding ortho intramolecular Hbond substituents is 1. The van der Waals surface area contributed by atoms with Crippen LogP contribution in [0.25, 0.3) is 0 Å². The molecule has 216 valence electrons. The molecule has 16 heteroatoms. The first-order valence-corrected chi connectivity index (χ1v) is 12.0. The second-order valence-electron chi connectivity index (χ2n) is 8.64. The Labute approximate surface area is 224 Å². The maximum Gasteiger partial charge on any atom is 0.328 e. The zero-order chi connectivity index (χ0) is 29.5. The zero-order valence-corrected chi connectivity index (χ0v) is 21.2. The first-order chi connectivity index (χ1) is 18.3. The van der Waals surface area contributed by atoms with Crippen LogP contribution in [0.2, 0.25) is 0 Å². The molecule has 1 aromatic carbocycles. The van der Waals surface area contributed by atoms with Crippen molar-refractivity contribution >= 4 is 35.6 Å². The van der Waals surface area contributed by atoms with Crippen LogP contribution in [-0.2, 0) is 30.4 Å². The fraction of sp³-hybridized carbons (Fsp3) is 0.478. The van der Waals surface area contributed by atoms with Crippen molar-refractivity contribution in [1.29, 1.82) is 0 Å². The third-order valence-corrected chi connectivity index (χ3v) is 5.42. The van der Waals surface area contributed by atoms with Crippen LogP contribution in [0.15, 0.2) is 29.3 Å². The summed E-state index contributed by atoms with van der Waals surface area (Å²) in [5, 5.41) is 34.8. The predicted octanol–water partition coefficient (Wildman–Crippen LogP) is -3.89. The number of aromatic hydroxyl groups is 1. The Kier molecular flexibility index (Phi) is 13.7. The van der Waals surface area contributed by atoms with E-state index in [1.54, 1.807) is 0 Å². The van der Waals surface area contributed by atoms with E-state index >= 15 is 0 Å². The number of guanidine groups is 1. The number of rotatable bonds is 17. The van der Waals surface area contributed by atoms with Crippen molar-refractivity contribution < 1.29 is 39.3 Å². The average molecular weight is 553 g/mol. The van der Waals surface area contributed by atoms with Crippen LogP contribution in [0.3, 0.4) is 0 Å². The number of primary amides is 1. The number of aliphatic imine (C=N–C) groups is 1. The second-order valence-corrected chi connectivity index (χ2v) is 8.64. The number of aliphatic carboxylic acids is 1. The van der Waals surface area contributed by atoms with E-state index in [1.807, 2.05) is 0 Å². The van der Waals surface area contributed by atoms with Crippen molar-refractivity contribution in [3.8, 4) is 5.75 Å². The third kappa shape index (κ3) is 12.6. The molecule has 0 saturated heterocycles. The molecule has 4 unspecified atom stereocenters. The molecule has 0 radical (unpaired) electrons. The molecule has 0 aromatic heterocycles. The number of nitrogens with one attached hydrogen (secondary N) is 3. The summed E-state index contributed by atoms with van der Waals surface area (Å²) in [6.45, 7) is -0.680. The van der Waals surface area contributed by atoms with Gasteiger partial charge in [0.2, 0.25) is 23.6 Å². The van der Waals surface area contributed by atoms with Gasteiger partial charge >= 0.3 is 5.97 Å². The van der Waals surface area contributed by atoms with Gasteiger partial charge in [0, 0.05) is 19.4 Å². The summed E-state index contributed by atoms with van der Waals surface area (Å²) in [5.74, 6) is -4.93. The smallest absolute Gasteiger partial charge is 0.328 e. The predicted molar refractivity (Wildman–Crippen MR) is 139 cm³/mol. The summed E-state index contributed by atoms with van der Waals surface area (Å²) < 4.78 is 0. The van der Waals surface area contributed by atoms with E-state index in [2.05, 4.69) is 20.9 Å². The number of carboxylic acid groups (broad SMARTS) is 1. The van der Waals surface area contributed by atoms with Gasteiger partial charge in [-0.2, -0.15) is 0 Å². The summed E-state index contributed by atoms with van der Waals surface area (Å²) in [7, 11) is 0. The van der Waals surface area contributed by atoms with Gasteiger partial charge in [0.15, 0.2) is 5.96 Å². The number of amides is 4. The summed E-state index contributed by atoms with van der Waals surface area (Å²) >= 11 is 0. The molecule has 0 fully saturated rings. The lowest BCUT2D eigenvalue weighted by Gasteiger charge is -2.25. The molecule has 0 saturated carbocycles. The molecular weight excluding hydrogens is 516 g/mol. The number of nitrogens with two attached hydrogens (primary N) is 4. The van der Waals surface area contributed by atoms with Gasteiger partial charge in [-0.1, -0.05) is 12.1 Å². The van der Waals surface area contributed by atoms with Crippen LogP contribution in [-0.4, -0.2) is 88.2 Å². The van der Waals surface area contributed by atoms with Gasteiger partial charge in [0.25, 0.3) is 0 Å². The standard InChI is InChI=1S/C23H36N8O8/c24-14(2-1-9-28-23(26)27)19(35)30-16(10-12-3-5-13(33)6-4-12)21(37)29-15(7-8-18(25)34)20(36)31-17(11-32)22(38)39/h3-6,14-17,32-33H,1-2,7-11,24H2,(H2,25,34)(H,29,37)(H,30,35)(H,31,36)(H,38,39)(H4,26,27,28). The van der Waals surface area contributed by atoms with E-state index in [0.29, 0.717) is 12.0 Å². The molecule has 4 atom stereocenters. The average Bonchev–Trinajstić information content (AvgIpc) is 2.87. The van der Waals surface area contributed by atoms with E-state index in [-0.39, 0.29) is 43.9 Å². The van der Waals surface area contributed by atoms with Crippen LogP contribution in [0, 0.1) is 0 Å². The largest absolute Gasteiger partial charge is 0.508 e. The molecule has 0 aliphatic rings. The Morgan fingerprint density at radius 1 is 0.846 bits per heavy atom. The number of carbonyl (C=O) groups excluding carboxylic acids is 4. The summed E-state index contributed by atoms with van der Waals surface area (Å²) in [5.41, 5.74) is 22.2. The minimum atomic E-state index is -1.66. The van der Waals surface area contributed by atoms with Crippen molar-refractivity contribution in [2.24, 2.45) is 27.9 Å². The second kappa shape index (κ2) is 16.4. The van der Waals surface area contributed by atoms with E-state index in [4.69, 9.17) is 28.0 Å². The molecule has 1 aromatic rings. The molecule has 4 amide bonds. The Bertz CT molecular complexity index is 1030. The highest BCUT2D eigenvalue weighted by atomic mass is 16.4. The molecule has 0 aliphatic carbocycles. The Morgan fingerprint density at radius 3 is 1.95 bits per heavy atom. The third-order valence-electron chi connectivity index (χ3n) is 5.42. The maximum atomic E-state index is 13.2. The highest BCUT2D eigenvalue weighted by Gasteiger charge is 2.30. The minimum Gasteiger partial charge on any atom is -0.508 e. The highest BCUT2D eigenvalue weighted by Crippen LogP contribution is 2.12.